The standard InChI is InChI=1S/C22H19N5O4S/c1-15-12-13-27(25-15)21-10-11-22(24-23-21)31-19-8-6-18(7-9-19)26-32(29,30)20-5-3-4-17(14-20)16(2)28/h3-14,26H,1-2H3. The molecule has 2 heterocycles. The van der Waals surface area contributed by atoms with Crippen LogP contribution in [0.15, 0.2) is 77.8 Å². The second-order valence-electron chi connectivity index (χ2n) is 6.95. The van der Waals surface area contributed by atoms with E-state index in [1.807, 2.05) is 13.0 Å². The minimum atomic E-state index is -3.84. The molecule has 1 N–H and O–H groups in total. The number of benzene rings is 2. The number of carbonyl (C=O) groups excluding carboxylic acids is 1. The number of Topliss-reactive ketones (excluding diaryl/α,β-unsaturated/α-hetero) is 1. The van der Waals surface area contributed by atoms with Gasteiger partial charge in [0.05, 0.1) is 10.6 Å². The van der Waals surface area contributed by atoms with E-state index in [1.165, 1.54) is 25.1 Å². The van der Waals surface area contributed by atoms with Crippen molar-refractivity contribution in [1.82, 2.24) is 20.0 Å². The fourth-order valence-electron chi connectivity index (χ4n) is 2.84. The van der Waals surface area contributed by atoms with Crippen molar-refractivity contribution in [2.24, 2.45) is 0 Å². The van der Waals surface area contributed by atoms with Crippen LogP contribution in [0.5, 0.6) is 11.6 Å². The summed E-state index contributed by atoms with van der Waals surface area (Å²) in [6.45, 7) is 3.27. The zero-order valence-electron chi connectivity index (χ0n) is 17.3. The van der Waals surface area contributed by atoms with Crippen LogP contribution >= 0.6 is 0 Å². The van der Waals surface area contributed by atoms with Gasteiger partial charge in [-0.25, -0.2) is 13.1 Å². The number of anilines is 1. The van der Waals surface area contributed by atoms with Gasteiger partial charge in [0, 0.05) is 23.5 Å². The molecule has 2 aromatic carbocycles. The molecular weight excluding hydrogens is 430 g/mol. The van der Waals surface area contributed by atoms with Crippen molar-refractivity contribution in [3.05, 3.63) is 84.2 Å². The number of nitrogens with one attached hydrogen (secondary N) is 1. The Morgan fingerprint density at radius 3 is 2.41 bits per heavy atom. The second-order valence-corrected chi connectivity index (χ2v) is 8.63. The van der Waals surface area contributed by atoms with Crippen molar-refractivity contribution in [3.8, 4) is 17.4 Å². The second kappa shape index (κ2) is 8.60. The number of nitrogens with zero attached hydrogens (tertiary/aromatic N) is 4. The molecule has 0 atom stereocenters. The maximum Gasteiger partial charge on any atom is 0.261 e. The molecule has 4 rings (SSSR count). The monoisotopic (exact) mass is 449 g/mol. The van der Waals surface area contributed by atoms with E-state index < -0.39 is 10.0 Å². The Bertz CT molecular complexity index is 1360. The van der Waals surface area contributed by atoms with Crippen LogP contribution in [0, 0.1) is 6.92 Å². The molecular formula is C22H19N5O4S. The average Bonchev–Trinajstić information content (AvgIpc) is 3.22. The fourth-order valence-corrected chi connectivity index (χ4v) is 3.94. The van der Waals surface area contributed by atoms with E-state index in [-0.39, 0.29) is 16.6 Å². The number of ether oxygens (including phenoxy) is 1. The van der Waals surface area contributed by atoms with E-state index in [2.05, 4.69) is 20.0 Å². The molecule has 10 heteroatoms. The molecule has 0 bridgehead atoms. The van der Waals surface area contributed by atoms with Crippen LogP contribution in [-0.4, -0.2) is 34.2 Å². The van der Waals surface area contributed by atoms with Gasteiger partial charge < -0.3 is 4.74 Å². The van der Waals surface area contributed by atoms with E-state index in [0.717, 1.165) is 5.69 Å². The number of rotatable bonds is 7. The highest BCUT2D eigenvalue weighted by Crippen LogP contribution is 2.23. The first-order chi connectivity index (χ1) is 15.3. The first-order valence-electron chi connectivity index (χ1n) is 9.58. The summed E-state index contributed by atoms with van der Waals surface area (Å²) in [4.78, 5) is 11.5. The third-order valence-electron chi connectivity index (χ3n) is 4.46. The Balaban J connectivity index is 1.44. The summed E-state index contributed by atoms with van der Waals surface area (Å²) in [6.07, 6.45) is 1.79. The van der Waals surface area contributed by atoms with Gasteiger partial charge >= 0.3 is 0 Å². The minimum Gasteiger partial charge on any atom is -0.438 e. The van der Waals surface area contributed by atoms with Gasteiger partial charge in [-0.05, 0) is 62.4 Å². The Hall–Kier alpha value is -4.05. The molecule has 0 unspecified atom stereocenters. The molecule has 9 nitrogen and oxygen atoms in total. The lowest BCUT2D eigenvalue weighted by Gasteiger charge is -2.10. The molecule has 0 aliphatic heterocycles. The summed E-state index contributed by atoms with van der Waals surface area (Å²) in [5.74, 6) is 1.10. The van der Waals surface area contributed by atoms with Crippen LogP contribution in [0.4, 0.5) is 5.69 Å². The van der Waals surface area contributed by atoms with E-state index in [4.69, 9.17) is 4.74 Å². The molecule has 162 valence electrons. The quantitative estimate of drug-likeness (QED) is 0.427. The minimum absolute atomic E-state index is 0.00765. The summed E-state index contributed by atoms with van der Waals surface area (Å²) >= 11 is 0. The first kappa shape index (κ1) is 21.2. The van der Waals surface area contributed by atoms with Gasteiger partial charge in [-0.15, -0.1) is 10.2 Å². The third-order valence-corrected chi connectivity index (χ3v) is 5.84. The lowest BCUT2D eigenvalue weighted by molar-refractivity contribution is 0.101. The smallest absolute Gasteiger partial charge is 0.261 e. The molecule has 0 spiro atoms. The van der Waals surface area contributed by atoms with Gasteiger partial charge in [-0.2, -0.15) is 5.10 Å². The molecule has 0 saturated carbocycles. The number of aromatic nitrogens is 4. The van der Waals surface area contributed by atoms with Crippen LogP contribution in [0.25, 0.3) is 5.82 Å². The predicted molar refractivity (Wildman–Crippen MR) is 118 cm³/mol. The molecule has 0 saturated heterocycles. The van der Waals surface area contributed by atoms with Crippen LogP contribution in [-0.2, 0) is 10.0 Å². The number of sulfonamides is 1. The van der Waals surface area contributed by atoms with Crippen LogP contribution in [0.3, 0.4) is 0 Å². The zero-order valence-corrected chi connectivity index (χ0v) is 18.1. The normalized spacial score (nSPS) is 11.2. The highest BCUT2D eigenvalue weighted by atomic mass is 32.2. The molecule has 32 heavy (non-hydrogen) atoms. The maximum atomic E-state index is 12.6. The molecule has 2 aromatic heterocycles. The van der Waals surface area contributed by atoms with E-state index >= 15 is 0 Å². The maximum absolute atomic E-state index is 12.6. The van der Waals surface area contributed by atoms with Crippen molar-refractivity contribution in [3.63, 3.8) is 0 Å². The lowest BCUT2D eigenvalue weighted by Crippen LogP contribution is -2.13. The molecule has 0 radical (unpaired) electrons. The summed E-state index contributed by atoms with van der Waals surface area (Å²) < 4.78 is 35.0. The highest BCUT2D eigenvalue weighted by molar-refractivity contribution is 7.92. The largest absolute Gasteiger partial charge is 0.438 e. The van der Waals surface area contributed by atoms with Crippen molar-refractivity contribution >= 4 is 21.5 Å². The lowest BCUT2D eigenvalue weighted by atomic mass is 10.2. The fraction of sp³-hybridized carbons (Fsp3) is 0.0909. The number of carbonyl (C=O) groups is 1. The molecule has 4 aromatic rings. The van der Waals surface area contributed by atoms with Gasteiger partial charge in [0.1, 0.15) is 5.75 Å². The van der Waals surface area contributed by atoms with Gasteiger partial charge in [-0.1, -0.05) is 12.1 Å². The topological polar surface area (TPSA) is 116 Å². The zero-order chi connectivity index (χ0) is 22.7. The summed E-state index contributed by atoms with van der Waals surface area (Å²) in [5.41, 5.74) is 1.54. The van der Waals surface area contributed by atoms with E-state index in [1.54, 1.807) is 53.3 Å². The van der Waals surface area contributed by atoms with Crippen molar-refractivity contribution in [2.45, 2.75) is 18.7 Å². The Kier molecular flexibility index (Phi) is 5.69. The van der Waals surface area contributed by atoms with Crippen molar-refractivity contribution < 1.29 is 17.9 Å². The Morgan fingerprint density at radius 1 is 1.00 bits per heavy atom. The summed E-state index contributed by atoms with van der Waals surface area (Å²) in [5, 5.41) is 12.4. The van der Waals surface area contributed by atoms with Crippen LogP contribution in [0.2, 0.25) is 0 Å². The van der Waals surface area contributed by atoms with Gasteiger partial charge in [0.25, 0.3) is 10.0 Å². The van der Waals surface area contributed by atoms with Crippen LogP contribution in [0.1, 0.15) is 23.0 Å². The first-order valence-corrected chi connectivity index (χ1v) is 11.1. The number of ketones is 1. The summed E-state index contributed by atoms with van der Waals surface area (Å²) in [6, 6.07) is 17.5. The molecule has 0 amide bonds. The average molecular weight is 449 g/mol. The summed E-state index contributed by atoms with van der Waals surface area (Å²) in [7, 11) is -3.84. The Morgan fingerprint density at radius 2 is 1.78 bits per heavy atom. The van der Waals surface area contributed by atoms with Crippen molar-refractivity contribution in [2.75, 3.05) is 4.72 Å². The predicted octanol–water partition coefficient (Wildman–Crippen LogP) is 3.77. The van der Waals surface area contributed by atoms with Gasteiger partial charge in [-0.3, -0.25) is 9.52 Å². The van der Waals surface area contributed by atoms with E-state index in [0.29, 0.717) is 22.8 Å². The highest BCUT2D eigenvalue weighted by Gasteiger charge is 2.15. The van der Waals surface area contributed by atoms with E-state index in [9.17, 15) is 13.2 Å². The van der Waals surface area contributed by atoms with Crippen molar-refractivity contribution in [1.29, 1.82) is 0 Å². The van der Waals surface area contributed by atoms with Gasteiger partial charge in [0.15, 0.2) is 11.6 Å². The molecule has 0 fully saturated rings. The molecule has 0 aliphatic carbocycles. The number of aryl methyl sites for hydroxylation is 1. The third kappa shape index (κ3) is 4.81. The molecule has 0 aliphatic rings. The Labute approximate surface area is 184 Å². The number of hydrogen-bond donors (Lipinski definition) is 1. The SMILES string of the molecule is CC(=O)c1cccc(S(=O)(=O)Nc2ccc(Oc3ccc(-n4ccc(C)n4)nn3)cc2)c1. The number of hydrogen-bond acceptors (Lipinski definition) is 7. The van der Waals surface area contributed by atoms with Crippen LogP contribution < -0.4 is 9.46 Å². The van der Waals surface area contributed by atoms with Gasteiger partial charge in [0.2, 0.25) is 5.88 Å².